The summed E-state index contributed by atoms with van der Waals surface area (Å²) in [5.41, 5.74) is 3.53. The molecule has 0 aliphatic heterocycles. The van der Waals surface area contributed by atoms with Gasteiger partial charge in [0.2, 0.25) is 0 Å². The molecule has 0 amide bonds. The zero-order valence-corrected chi connectivity index (χ0v) is 10.9. The highest BCUT2D eigenvalue weighted by atomic mass is 16.3. The van der Waals surface area contributed by atoms with E-state index in [1.165, 1.54) is 0 Å². The molecule has 1 aliphatic carbocycles. The van der Waals surface area contributed by atoms with Crippen LogP contribution in [0.25, 0.3) is 0 Å². The zero-order chi connectivity index (χ0) is 13.1. The fourth-order valence-electron chi connectivity index (χ4n) is 1.71. The van der Waals surface area contributed by atoms with Crippen molar-refractivity contribution in [2.45, 2.75) is 32.6 Å². The number of hydrazine groups is 1. The van der Waals surface area contributed by atoms with E-state index >= 15 is 0 Å². The van der Waals surface area contributed by atoms with E-state index in [2.05, 4.69) is 20.7 Å². The summed E-state index contributed by atoms with van der Waals surface area (Å²) in [5.74, 6) is 8.49. The van der Waals surface area contributed by atoms with Crippen LogP contribution in [0.5, 0.6) is 0 Å². The lowest BCUT2D eigenvalue weighted by Crippen LogP contribution is -2.18. The first-order valence-corrected chi connectivity index (χ1v) is 6.35. The molecule has 0 aromatic carbocycles. The number of nitrogens with one attached hydrogen (secondary N) is 2. The number of rotatable bonds is 6. The number of anilines is 2. The number of aromatic nitrogens is 2. The van der Waals surface area contributed by atoms with Crippen molar-refractivity contribution in [1.82, 2.24) is 9.97 Å². The van der Waals surface area contributed by atoms with E-state index in [0.717, 1.165) is 30.0 Å². The summed E-state index contributed by atoms with van der Waals surface area (Å²) in [6, 6.07) is 0. The first-order chi connectivity index (χ1) is 8.65. The summed E-state index contributed by atoms with van der Waals surface area (Å²) >= 11 is 0. The van der Waals surface area contributed by atoms with Crippen LogP contribution in [0.4, 0.5) is 11.6 Å². The Labute approximate surface area is 107 Å². The second-order valence-corrected chi connectivity index (χ2v) is 4.99. The van der Waals surface area contributed by atoms with Gasteiger partial charge in [-0.1, -0.05) is 6.92 Å². The van der Waals surface area contributed by atoms with Crippen LogP contribution in [0.1, 0.15) is 37.1 Å². The minimum Gasteiger partial charge on any atom is -0.396 e. The number of aliphatic hydroxyl groups is 1. The molecule has 0 radical (unpaired) electrons. The highest BCUT2D eigenvalue weighted by molar-refractivity contribution is 5.57. The summed E-state index contributed by atoms with van der Waals surface area (Å²) < 4.78 is 0. The summed E-state index contributed by atoms with van der Waals surface area (Å²) in [6.07, 6.45) is 2.30. The normalized spacial score (nSPS) is 16.4. The summed E-state index contributed by atoms with van der Waals surface area (Å²) in [5, 5.41) is 12.3. The molecule has 100 valence electrons. The summed E-state index contributed by atoms with van der Waals surface area (Å²) in [7, 11) is 0. The molecule has 6 nitrogen and oxygen atoms in total. The van der Waals surface area contributed by atoms with Crippen molar-refractivity contribution in [2.75, 3.05) is 23.9 Å². The summed E-state index contributed by atoms with van der Waals surface area (Å²) in [6.45, 7) is 4.75. The monoisotopic (exact) mass is 251 g/mol. The SMILES string of the molecule is Cc1c(NN)nc(C2CC2)nc1NCC(C)CO. The third-order valence-electron chi connectivity index (χ3n) is 3.17. The van der Waals surface area contributed by atoms with Gasteiger partial charge in [-0.25, -0.2) is 15.8 Å². The molecule has 1 saturated carbocycles. The molecular weight excluding hydrogens is 230 g/mol. The van der Waals surface area contributed by atoms with Crippen molar-refractivity contribution in [3.63, 3.8) is 0 Å². The van der Waals surface area contributed by atoms with Crippen LogP contribution >= 0.6 is 0 Å². The predicted octanol–water partition coefficient (Wildman–Crippen LogP) is 0.988. The number of nitrogen functional groups attached to an aromatic ring is 1. The van der Waals surface area contributed by atoms with Crippen LogP contribution in [0.3, 0.4) is 0 Å². The maximum absolute atomic E-state index is 9.03. The lowest BCUT2D eigenvalue weighted by Gasteiger charge is -2.15. The second-order valence-electron chi connectivity index (χ2n) is 4.99. The molecule has 1 aromatic heterocycles. The lowest BCUT2D eigenvalue weighted by molar-refractivity contribution is 0.244. The van der Waals surface area contributed by atoms with Crippen molar-refractivity contribution in [1.29, 1.82) is 0 Å². The van der Waals surface area contributed by atoms with Crippen LogP contribution in [-0.4, -0.2) is 28.2 Å². The van der Waals surface area contributed by atoms with Gasteiger partial charge in [0.25, 0.3) is 0 Å². The number of nitrogens with zero attached hydrogens (tertiary/aromatic N) is 2. The van der Waals surface area contributed by atoms with Gasteiger partial charge < -0.3 is 15.8 Å². The van der Waals surface area contributed by atoms with Gasteiger partial charge >= 0.3 is 0 Å². The quantitative estimate of drug-likeness (QED) is 0.445. The molecule has 0 saturated heterocycles. The van der Waals surface area contributed by atoms with Crippen molar-refractivity contribution < 1.29 is 5.11 Å². The average Bonchev–Trinajstić information content (AvgIpc) is 3.21. The predicted molar refractivity (Wildman–Crippen MR) is 71.3 cm³/mol. The van der Waals surface area contributed by atoms with E-state index in [1.807, 2.05) is 13.8 Å². The Balaban J connectivity index is 2.18. The Hall–Kier alpha value is -1.40. The Kier molecular flexibility index (Phi) is 3.98. The maximum atomic E-state index is 9.03. The Morgan fingerprint density at radius 3 is 2.61 bits per heavy atom. The van der Waals surface area contributed by atoms with Crippen LogP contribution in [0.2, 0.25) is 0 Å². The molecule has 1 atom stereocenters. The van der Waals surface area contributed by atoms with Crippen molar-refractivity contribution >= 4 is 11.6 Å². The Morgan fingerprint density at radius 1 is 1.39 bits per heavy atom. The molecule has 0 spiro atoms. The summed E-state index contributed by atoms with van der Waals surface area (Å²) in [4.78, 5) is 8.97. The molecular formula is C12H21N5O. The molecule has 1 aliphatic rings. The average molecular weight is 251 g/mol. The third kappa shape index (κ3) is 2.88. The molecule has 1 fully saturated rings. The molecule has 1 unspecified atom stereocenters. The minimum atomic E-state index is 0.161. The van der Waals surface area contributed by atoms with E-state index in [9.17, 15) is 0 Å². The molecule has 6 heteroatoms. The van der Waals surface area contributed by atoms with E-state index in [4.69, 9.17) is 10.9 Å². The van der Waals surface area contributed by atoms with E-state index in [1.54, 1.807) is 0 Å². The zero-order valence-electron chi connectivity index (χ0n) is 10.9. The first kappa shape index (κ1) is 13.0. The van der Waals surface area contributed by atoms with Gasteiger partial charge in [-0.15, -0.1) is 0 Å². The molecule has 1 heterocycles. The number of aliphatic hydroxyl groups excluding tert-OH is 1. The molecule has 5 N–H and O–H groups in total. The Morgan fingerprint density at radius 2 is 2.06 bits per heavy atom. The van der Waals surface area contributed by atoms with E-state index < -0.39 is 0 Å². The van der Waals surface area contributed by atoms with Crippen LogP contribution < -0.4 is 16.6 Å². The van der Waals surface area contributed by atoms with Gasteiger partial charge in [0.05, 0.1) is 0 Å². The van der Waals surface area contributed by atoms with Crippen LogP contribution in [-0.2, 0) is 0 Å². The van der Waals surface area contributed by atoms with Crippen molar-refractivity contribution in [2.24, 2.45) is 11.8 Å². The maximum Gasteiger partial charge on any atom is 0.148 e. The molecule has 0 bridgehead atoms. The lowest BCUT2D eigenvalue weighted by atomic mass is 10.2. The van der Waals surface area contributed by atoms with Gasteiger partial charge in [-0.3, -0.25) is 0 Å². The van der Waals surface area contributed by atoms with Crippen LogP contribution in [0, 0.1) is 12.8 Å². The van der Waals surface area contributed by atoms with Crippen LogP contribution in [0.15, 0.2) is 0 Å². The highest BCUT2D eigenvalue weighted by Crippen LogP contribution is 2.39. The number of hydrogen-bond donors (Lipinski definition) is 4. The fourth-order valence-corrected chi connectivity index (χ4v) is 1.71. The fraction of sp³-hybridized carbons (Fsp3) is 0.667. The topological polar surface area (TPSA) is 96.1 Å². The first-order valence-electron chi connectivity index (χ1n) is 6.35. The largest absolute Gasteiger partial charge is 0.396 e. The van der Waals surface area contributed by atoms with Gasteiger partial charge in [0, 0.05) is 24.6 Å². The minimum absolute atomic E-state index is 0.161. The standard InChI is InChI=1S/C12H21N5O/c1-7(6-18)5-14-10-8(2)11(17-13)16-12(15-10)9-3-4-9/h7,9,18H,3-6,13H2,1-2H3,(H2,14,15,16,17). The molecule has 2 rings (SSSR count). The number of hydrogen-bond acceptors (Lipinski definition) is 6. The molecule has 18 heavy (non-hydrogen) atoms. The van der Waals surface area contributed by atoms with Crippen molar-refractivity contribution in [3.8, 4) is 0 Å². The molecule has 1 aromatic rings. The van der Waals surface area contributed by atoms with Gasteiger partial charge in [0.15, 0.2) is 0 Å². The van der Waals surface area contributed by atoms with Gasteiger partial charge in [-0.05, 0) is 25.7 Å². The van der Waals surface area contributed by atoms with Gasteiger partial charge in [-0.2, -0.15) is 0 Å². The second kappa shape index (κ2) is 5.49. The van der Waals surface area contributed by atoms with Gasteiger partial charge in [0.1, 0.15) is 17.5 Å². The Bertz CT molecular complexity index is 419. The van der Waals surface area contributed by atoms with Crippen molar-refractivity contribution in [3.05, 3.63) is 11.4 Å². The number of nitrogens with two attached hydrogens (primary N) is 1. The van der Waals surface area contributed by atoms with E-state index in [-0.39, 0.29) is 12.5 Å². The highest BCUT2D eigenvalue weighted by Gasteiger charge is 2.28. The third-order valence-corrected chi connectivity index (χ3v) is 3.17. The smallest absolute Gasteiger partial charge is 0.148 e. The van der Waals surface area contributed by atoms with E-state index in [0.29, 0.717) is 18.3 Å².